The van der Waals surface area contributed by atoms with Gasteiger partial charge in [-0.3, -0.25) is 4.68 Å². The van der Waals surface area contributed by atoms with Crippen molar-refractivity contribution in [1.29, 1.82) is 0 Å². The van der Waals surface area contributed by atoms with Crippen molar-refractivity contribution in [2.45, 2.75) is 59.0 Å². The summed E-state index contributed by atoms with van der Waals surface area (Å²) in [6.07, 6.45) is 5.48. The molecule has 1 fully saturated rings. The van der Waals surface area contributed by atoms with Crippen molar-refractivity contribution < 1.29 is 5.11 Å². The van der Waals surface area contributed by atoms with Crippen LogP contribution in [-0.2, 0) is 13.5 Å². The molecule has 2 rings (SSSR count). The first kappa shape index (κ1) is 13.6. The van der Waals surface area contributed by atoms with E-state index in [1.807, 2.05) is 18.7 Å². The van der Waals surface area contributed by atoms with Gasteiger partial charge in [-0.1, -0.05) is 19.8 Å². The molecule has 0 radical (unpaired) electrons. The molecule has 3 nitrogen and oxygen atoms in total. The highest BCUT2D eigenvalue weighted by Crippen LogP contribution is 2.32. The fourth-order valence-electron chi connectivity index (χ4n) is 3.16. The second kappa shape index (κ2) is 5.43. The molecule has 3 heteroatoms. The number of aryl methyl sites for hydroxylation is 2. The van der Waals surface area contributed by atoms with Crippen molar-refractivity contribution in [3.63, 3.8) is 0 Å². The molecule has 1 aliphatic rings. The highest BCUT2D eigenvalue weighted by atomic mass is 16.3. The second-order valence-corrected chi connectivity index (χ2v) is 6.06. The molecule has 0 bridgehead atoms. The normalized spacial score (nSPS) is 26.3. The Morgan fingerprint density at radius 2 is 1.89 bits per heavy atom. The highest BCUT2D eigenvalue weighted by Gasteiger charge is 2.26. The van der Waals surface area contributed by atoms with E-state index in [0.717, 1.165) is 18.0 Å². The molecule has 0 aromatic carbocycles. The summed E-state index contributed by atoms with van der Waals surface area (Å²) < 4.78 is 1.92. The van der Waals surface area contributed by atoms with Gasteiger partial charge in [0.2, 0.25) is 0 Å². The summed E-state index contributed by atoms with van der Waals surface area (Å²) in [7, 11) is 1.97. The van der Waals surface area contributed by atoms with E-state index in [-0.39, 0.29) is 6.10 Å². The Morgan fingerprint density at radius 1 is 1.28 bits per heavy atom. The summed E-state index contributed by atoms with van der Waals surface area (Å²) >= 11 is 0. The molecule has 1 aliphatic carbocycles. The molecule has 1 saturated carbocycles. The molecule has 102 valence electrons. The van der Waals surface area contributed by atoms with Crippen LogP contribution in [0.4, 0.5) is 0 Å². The van der Waals surface area contributed by atoms with Crippen molar-refractivity contribution in [2.24, 2.45) is 18.9 Å². The highest BCUT2D eigenvalue weighted by molar-refractivity contribution is 5.25. The van der Waals surface area contributed by atoms with Crippen molar-refractivity contribution in [2.75, 3.05) is 0 Å². The van der Waals surface area contributed by atoms with E-state index in [4.69, 9.17) is 0 Å². The lowest BCUT2D eigenvalue weighted by Crippen LogP contribution is -2.27. The van der Waals surface area contributed by atoms with E-state index in [9.17, 15) is 5.11 Å². The molecule has 1 aromatic rings. The van der Waals surface area contributed by atoms with E-state index in [1.165, 1.54) is 36.9 Å². The lowest BCUT2D eigenvalue weighted by molar-refractivity contribution is 0.0758. The Kier molecular flexibility index (Phi) is 4.10. The third-order valence-corrected chi connectivity index (χ3v) is 4.68. The number of hydrogen-bond donors (Lipinski definition) is 1. The standard InChI is InChI=1S/C15H26N2O/c1-10-5-7-13(8-6-10)15(18)9-14-11(2)16-17(4)12(14)3/h10,13,15,18H,5-9H2,1-4H3. The maximum absolute atomic E-state index is 10.4. The molecule has 18 heavy (non-hydrogen) atoms. The lowest BCUT2D eigenvalue weighted by Gasteiger charge is -2.30. The zero-order chi connectivity index (χ0) is 13.3. The van der Waals surface area contributed by atoms with Gasteiger partial charge in [-0.25, -0.2) is 0 Å². The summed E-state index contributed by atoms with van der Waals surface area (Å²) in [6.45, 7) is 6.45. The monoisotopic (exact) mass is 250 g/mol. The van der Waals surface area contributed by atoms with E-state index in [2.05, 4.69) is 18.9 Å². The summed E-state index contributed by atoms with van der Waals surface area (Å²) in [4.78, 5) is 0. The van der Waals surface area contributed by atoms with Crippen molar-refractivity contribution in [1.82, 2.24) is 9.78 Å². The van der Waals surface area contributed by atoms with Crippen LogP contribution in [0.2, 0.25) is 0 Å². The van der Waals surface area contributed by atoms with Crippen LogP contribution in [-0.4, -0.2) is 21.0 Å². The van der Waals surface area contributed by atoms with Gasteiger partial charge < -0.3 is 5.11 Å². The molecule has 0 spiro atoms. The number of nitrogens with zero attached hydrogens (tertiary/aromatic N) is 2. The number of rotatable bonds is 3. The minimum Gasteiger partial charge on any atom is -0.392 e. The molecule has 1 N–H and O–H groups in total. The second-order valence-electron chi connectivity index (χ2n) is 6.06. The Hall–Kier alpha value is -0.830. The van der Waals surface area contributed by atoms with Gasteiger partial charge >= 0.3 is 0 Å². The number of hydrogen-bond acceptors (Lipinski definition) is 2. The van der Waals surface area contributed by atoms with E-state index in [1.54, 1.807) is 0 Å². The van der Waals surface area contributed by atoms with Gasteiger partial charge in [-0.15, -0.1) is 0 Å². The van der Waals surface area contributed by atoms with Crippen LogP contribution in [0.1, 0.15) is 49.6 Å². The number of aliphatic hydroxyl groups excluding tert-OH is 1. The van der Waals surface area contributed by atoms with Crippen LogP contribution < -0.4 is 0 Å². The topological polar surface area (TPSA) is 38.0 Å². The van der Waals surface area contributed by atoms with Crippen LogP contribution in [0.15, 0.2) is 0 Å². The van der Waals surface area contributed by atoms with Crippen molar-refractivity contribution >= 4 is 0 Å². The predicted molar refractivity (Wildman–Crippen MR) is 73.5 cm³/mol. The minimum atomic E-state index is -0.195. The van der Waals surface area contributed by atoms with Gasteiger partial charge in [0, 0.05) is 19.2 Å². The maximum Gasteiger partial charge on any atom is 0.0629 e. The zero-order valence-corrected chi connectivity index (χ0v) is 12.1. The average molecular weight is 250 g/mol. The molecule has 0 aliphatic heterocycles. The first-order valence-corrected chi connectivity index (χ1v) is 7.16. The SMILES string of the molecule is Cc1nn(C)c(C)c1CC(O)C1CCC(C)CC1. The molecule has 0 amide bonds. The van der Waals surface area contributed by atoms with E-state index >= 15 is 0 Å². The van der Waals surface area contributed by atoms with Gasteiger partial charge in [0.15, 0.2) is 0 Å². The van der Waals surface area contributed by atoms with E-state index in [0.29, 0.717) is 5.92 Å². The Labute approximate surface area is 110 Å². The molecular weight excluding hydrogens is 224 g/mol. The van der Waals surface area contributed by atoms with Crippen LogP contribution in [0.3, 0.4) is 0 Å². The largest absolute Gasteiger partial charge is 0.392 e. The summed E-state index contributed by atoms with van der Waals surface area (Å²) in [5, 5.41) is 14.9. The van der Waals surface area contributed by atoms with E-state index < -0.39 is 0 Å². The molecule has 1 unspecified atom stereocenters. The number of aromatic nitrogens is 2. The average Bonchev–Trinajstić information content (AvgIpc) is 2.57. The third-order valence-electron chi connectivity index (χ3n) is 4.68. The van der Waals surface area contributed by atoms with Crippen LogP contribution in [0.5, 0.6) is 0 Å². The molecule has 0 saturated heterocycles. The molecular formula is C15H26N2O. The van der Waals surface area contributed by atoms with Crippen LogP contribution in [0.25, 0.3) is 0 Å². The van der Waals surface area contributed by atoms with Gasteiger partial charge in [-0.05, 0) is 44.1 Å². The first-order valence-electron chi connectivity index (χ1n) is 7.16. The van der Waals surface area contributed by atoms with Crippen molar-refractivity contribution in [3.05, 3.63) is 17.0 Å². The minimum absolute atomic E-state index is 0.195. The first-order chi connectivity index (χ1) is 8.49. The van der Waals surface area contributed by atoms with Gasteiger partial charge in [0.05, 0.1) is 11.8 Å². The lowest BCUT2D eigenvalue weighted by atomic mass is 9.79. The molecule has 1 aromatic heterocycles. The maximum atomic E-state index is 10.4. The fraction of sp³-hybridized carbons (Fsp3) is 0.800. The summed E-state index contributed by atoms with van der Waals surface area (Å²) in [5.74, 6) is 1.33. The quantitative estimate of drug-likeness (QED) is 0.895. The number of aliphatic hydroxyl groups is 1. The van der Waals surface area contributed by atoms with Crippen molar-refractivity contribution in [3.8, 4) is 0 Å². The Bertz CT molecular complexity index is 403. The van der Waals surface area contributed by atoms with Gasteiger partial charge in [0.1, 0.15) is 0 Å². The zero-order valence-electron chi connectivity index (χ0n) is 12.1. The van der Waals surface area contributed by atoms with Crippen LogP contribution >= 0.6 is 0 Å². The molecule has 1 heterocycles. The predicted octanol–water partition coefficient (Wildman–Crippen LogP) is 2.77. The smallest absolute Gasteiger partial charge is 0.0629 e. The van der Waals surface area contributed by atoms with Crippen LogP contribution in [0, 0.1) is 25.7 Å². The van der Waals surface area contributed by atoms with Gasteiger partial charge in [0.25, 0.3) is 0 Å². The summed E-state index contributed by atoms with van der Waals surface area (Å²) in [5.41, 5.74) is 3.50. The summed E-state index contributed by atoms with van der Waals surface area (Å²) in [6, 6.07) is 0. The fourth-order valence-corrected chi connectivity index (χ4v) is 3.16. The Morgan fingerprint density at radius 3 is 2.39 bits per heavy atom. The Balaban J connectivity index is 2.00. The molecule has 1 atom stereocenters. The third kappa shape index (κ3) is 2.77. The van der Waals surface area contributed by atoms with Gasteiger partial charge in [-0.2, -0.15) is 5.10 Å².